The fourth-order valence-electron chi connectivity index (χ4n) is 1.24. The summed E-state index contributed by atoms with van der Waals surface area (Å²) in [5, 5.41) is 4.18. The standard InChI is InChI=1S/C11H16ClN/c1-8(2)13-7-10-4-9(3)5-11(12)6-10/h4-6,8,13H,7H2,1-3H3. The quantitative estimate of drug-likeness (QED) is 0.785. The van der Waals surface area contributed by atoms with Gasteiger partial charge in [0.1, 0.15) is 0 Å². The third-order valence-electron chi connectivity index (χ3n) is 1.82. The van der Waals surface area contributed by atoms with E-state index in [4.69, 9.17) is 11.6 Å². The number of nitrogens with one attached hydrogen (secondary N) is 1. The van der Waals surface area contributed by atoms with Crippen molar-refractivity contribution in [3.8, 4) is 0 Å². The summed E-state index contributed by atoms with van der Waals surface area (Å²) >= 11 is 5.94. The van der Waals surface area contributed by atoms with Crippen molar-refractivity contribution in [3.05, 3.63) is 34.3 Å². The number of benzene rings is 1. The van der Waals surface area contributed by atoms with E-state index in [2.05, 4.69) is 32.2 Å². The Bertz CT molecular complexity index is 261. The third-order valence-corrected chi connectivity index (χ3v) is 2.03. The molecule has 0 aromatic heterocycles. The van der Waals surface area contributed by atoms with Crippen LogP contribution in [0.15, 0.2) is 18.2 Å². The molecule has 13 heavy (non-hydrogen) atoms. The van der Waals surface area contributed by atoms with Crippen LogP contribution in [-0.2, 0) is 6.54 Å². The first kappa shape index (κ1) is 10.6. The van der Waals surface area contributed by atoms with Crippen LogP contribution in [-0.4, -0.2) is 6.04 Å². The smallest absolute Gasteiger partial charge is 0.0411 e. The highest BCUT2D eigenvalue weighted by molar-refractivity contribution is 6.30. The molecule has 0 fully saturated rings. The molecule has 0 saturated carbocycles. The molecule has 0 aliphatic heterocycles. The second-order valence-corrected chi connectivity index (χ2v) is 4.11. The van der Waals surface area contributed by atoms with Crippen molar-refractivity contribution in [2.45, 2.75) is 33.4 Å². The van der Waals surface area contributed by atoms with Gasteiger partial charge in [-0.3, -0.25) is 0 Å². The average Bonchev–Trinajstić information content (AvgIpc) is 1.99. The molecular weight excluding hydrogens is 182 g/mol. The van der Waals surface area contributed by atoms with Gasteiger partial charge >= 0.3 is 0 Å². The molecule has 0 spiro atoms. The predicted molar refractivity (Wildman–Crippen MR) is 58.2 cm³/mol. The first-order valence-corrected chi connectivity index (χ1v) is 4.95. The van der Waals surface area contributed by atoms with Crippen LogP contribution in [0.3, 0.4) is 0 Å². The highest BCUT2D eigenvalue weighted by Crippen LogP contribution is 2.14. The van der Waals surface area contributed by atoms with Gasteiger partial charge in [-0.15, -0.1) is 0 Å². The lowest BCUT2D eigenvalue weighted by molar-refractivity contribution is 0.589. The lowest BCUT2D eigenvalue weighted by Crippen LogP contribution is -2.21. The number of aryl methyl sites for hydroxylation is 1. The fraction of sp³-hybridized carbons (Fsp3) is 0.455. The predicted octanol–water partition coefficient (Wildman–Crippen LogP) is 3.15. The van der Waals surface area contributed by atoms with Crippen LogP contribution in [0.2, 0.25) is 5.02 Å². The molecular formula is C11H16ClN. The van der Waals surface area contributed by atoms with E-state index in [-0.39, 0.29) is 0 Å². The van der Waals surface area contributed by atoms with Gasteiger partial charge in [-0.1, -0.05) is 31.5 Å². The molecule has 0 unspecified atom stereocenters. The summed E-state index contributed by atoms with van der Waals surface area (Å²) in [5.41, 5.74) is 2.46. The van der Waals surface area contributed by atoms with Gasteiger partial charge in [0, 0.05) is 17.6 Å². The normalized spacial score (nSPS) is 10.8. The van der Waals surface area contributed by atoms with Crippen molar-refractivity contribution >= 4 is 11.6 Å². The lowest BCUT2D eigenvalue weighted by Gasteiger charge is -2.08. The minimum atomic E-state index is 0.513. The van der Waals surface area contributed by atoms with Gasteiger partial charge in [0.15, 0.2) is 0 Å². The summed E-state index contributed by atoms with van der Waals surface area (Å²) in [5.74, 6) is 0. The highest BCUT2D eigenvalue weighted by Gasteiger charge is 1.97. The van der Waals surface area contributed by atoms with Crippen molar-refractivity contribution < 1.29 is 0 Å². The summed E-state index contributed by atoms with van der Waals surface area (Å²) in [7, 11) is 0. The molecule has 1 rings (SSSR count). The van der Waals surface area contributed by atoms with E-state index in [0.29, 0.717) is 6.04 Å². The van der Waals surface area contributed by atoms with Crippen LogP contribution in [0, 0.1) is 6.92 Å². The molecule has 0 bridgehead atoms. The summed E-state index contributed by atoms with van der Waals surface area (Å²) in [4.78, 5) is 0. The van der Waals surface area contributed by atoms with Gasteiger partial charge in [0.25, 0.3) is 0 Å². The van der Waals surface area contributed by atoms with Gasteiger partial charge in [0.05, 0.1) is 0 Å². The molecule has 1 nitrogen and oxygen atoms in total. The van der Waals surface area contributed by atoms with E-state index < -0.39 is 0 Å². The zero-order chi connectivity index (χ0) is 9.84. The molecule has 1 N–H and O–H groups in total. The summed E-state index contributed by atoms with van der Waals surface area (Å²) < 4.78 is 0. The molecule has 1 aromatic rings. The zero-order valence-electron chi connectivity index (χ0n) is 8.39. The van der Waals surface area contributed by atoms with Crippen LogP contribution < -0.4 is 5.32 Å². The molecule has 0 heterocycles. The molecule has 1 aromatic carbocycles. The first-order chi connectivity index (χ1) is 6.08. The summed E-state index contributed by atoms with van der Waals surface area (Å²) in [6.07, 6.45) is 0. The Hall–Kier alpha value is -0.530. The van der Waals surface area contributed by atoms with Crippen molar-refractivity contribution in [3.63, 3.8) is 0 Å². The minimum absolute atomic E-state index is 0.513. The number of halogens is 1. The molecule has 0 aliphatic carbocycles. The largest absolute Gasteiger partial charge is 0.310 e. The van der Waals surface area contributed by atoms with Crippen molar-refractivity contribution in [1.29, 1.82) is 0 Å². The molecule has 2 heteroatoms. The summed E-state index contributed by atoms with van der Waals surface area (Å²) in [6, 6.07) is 6.64. The second-order valence-electron chi connectivity index (χ2n) is 3.67. The Kier molecular flexibility index (Phi) is 3.76. The number of hydrogen-bond donors (Lipinski definition) is 1. The van der Waals surface area contributed by atoms with Crippen molar-refractivity contribution in [1.82, 2.24) is 5.32 Å². The van der Waals surface area contributed by atoms with Crippen LogP contribution in [0.4, 0.5) is 0 Å². The average molecular weight is 198 g/mol. The maximum atomic E-state index is 5.94. The number of hydrogen-bond acceptors (Lipinski definition) is 1. The van der Waals surface area contributed by atoms with E-state index in [1.807, 2.05) is 12.1 Å². The van der Waals surface area contributed by atoms with Crippen molar-refractivity contribution in [2.24, 2.45) is 0 Å². The van der Waals surface area contributed by atoms with E-state index in [0.717, 1.165) is 11.6 Å². The minimum Gasteiger partial charge on any atom is -0.310 e. The van der Waals surface area contributed by atoms with Crippen LogP contribution in [0.1, 0.15) is 25.0 Å². The van der Waals surface area contributed by atoms with Crippen LogP contribution in [0.5, 0.6) is 0 Å². The second kappa shape index (κ2) is 4.64. The third kappa shape index (κ3) is 3.79. The van der Waals surface area contributed by atoms with E-state index >= 15 is 0 Å². The van der Waals surface area contributed by atoms with E-state index in [1.165, 1.54) is 11.1 Å². The first-order valence-electron chi connectivity index (χ1n) is 4.57. The Balaban J connectivity index is 2.66. The monoisotopic (exact) mass is 197 g/mol. The Morgan fingerprint density at radius 2 is 2.00 bits per heavy atom. The topological polar surface area (TPSA) is 12.0 Å². The Morgan fingerprint density at radius 1 is 1.31 bits per heavy atom. The fourth-order valence-corrected chi connectivity index (χ4v) is 1.55. The maximum absolute atomic E-state index is 5.94. The maximum Gasteiger partial charge on any atom is 0.0411 e. The van der Waals surface area contributed by atoms with Crippen LogP contribution in [0.25, 0.3) is 0 Å². The van der Waals surface area contributed by atoms with Crippen LogP contribution >= 0.6 is 11.6 Å². The van der Waals surface area contributed by atoms with E-state index in [9.17, 15) is 0 Å². The van der Waals surface area contributed by atoms with Gasteiger partial charge < -0.3 is 5.32 Å². The molecule has 0 atom stereocenters. The Morgan fingerprint density at radius 3 is 2.54 bits per heavy atom. The Labute approximate surface area is 85.1 Å². The van der Waals surface area contributed by atoms with Gasteiger partial charge in [-0.05, 0) is 30.2 Å². The highest BCUT2D eigenvalue weighted by atomic mass is 35.5. The zero-order valence-corrected chi connectivity index (χ0v) is 9.15. The number of rotatable bonds is 3. The lowest BCUT2D eigenvalue weighted by atomic mass is 10.1. The molecule has 0 amide bonds. The van der Waals surface area contributed by atoms with Gasteiger partial charge in [-0.2, -0.15) is 0 Å². The molecule has 0 radical (unpaired) electrons. The molecule has 0 aliphatic rings. The summed E-state index contributed by atoms with van der Waals surface area (Å²) in [6.45, 7) is 7.22. The van der Waals surface area contributed by atoms with E-state index in [1.54, 1.807) is 0 Å². The molecule has 0 saturated heterocycles. The SMILES string of the molecule is Cc1cc(Cl)cc(CNC(C)C)c1. The van der Waals surface area contributed by atoms with Crippen molar-refractivity contribution in [2.75, 3.05) is 0 Å². The van der Waals surface area contributed by atoms with Gasteiger partial charge in [0.2, 0.25) is 0 Å². The molecule has 72 valence electrons. The van der Waals surface area contributed by atoms with Gasteiger partial charge in [-0.25, -0.2) is 0 Å².